The van der Waals surface area contributed by atoms with Crippen molar-refractivity contribution in [3.8, 4) is 34.1 Å². The molecule has 1 atom stereocenters. The molecule has 0 aliphatic carbocycles. The molecule has 1 aliphatic rings. The number of nitrogens with one attached hydrogen (secondary N) is 2. The van der Waals surface area contributed by atoms with Crippen LogP contribution < -0.4 is 9.47 Å². The van der Waals surface area contributed by atoms with Crippen molar-refractivity contribution >= 4 is 11.0 Å². The van der Waals surface area contributed by atoms with Crippen LogP contribution in [0.25, 0.3) is 33.7 Å². The lowest BCUT2D eigenvalue weighted by atomic mass is 10.0. The van der Waals surface area contributed by atoms with E-state index in [9.17, 15) is 0 Å². The number of hydrogen-bond acceptors (Lipinski definition) is 4. The summed E-state index contributed by atoms with van der Waals surface area (Å²) in [6, 6.07) is 25.8. The molecule has 1 aliphatic heterocycles. The van der Waals surface area contributed by atoms with E-state index < -0.39 is 0 Å². The van der Waals surface area contributed by atoms with Gasteiger partial charge in [0, 0.05) is 5.56 Å². The van der Waals surface area contributed by atoms with Crippen LogP contribution in [0.1, 0.15) is 11.8 Å². The van der Waals surface area contributed by atoms with Crippen LogP contribution in [-0.4, -0.2) is 26.8 Å². The van der Waals surface area contributed by atoms with Crippen LogP contribution in [0.15, 0.2) is 78.9 Å². The van der Waals surface area contributed by atoms with Crippen LogP contribution in [-0.2, 0) is 0 Å². The van der Waals surface area contributed by atoms with Gasteiger partial charge in [0.25, 0.3) is 0 Å². The van der Waals surface area contributed by atoms with Crippen molar-refractivity contribution in [2.45, 2.75) is 6.10 Å². The van der Waals surface area contributed by atoms with Gasteiger partial charge < -0.3 is 14.5 Å². The lowest BCUT2D eigenvalue weighted by Gasteiger charge is -2.26. The minimum absolute atomic E-state index is 0.326. The Morgan fingerprint density at radius 2 is 1.60 bits per heavy atom. The summed E-state index contributed by atoms with van der Waals surface area (Å²) in [4.78, 5) is 8.27. The van der Waals surface area contributed by atoms with E-state index in [-0.39, 0.29) is 6.10 Å². The molecule has 0 amide bonds. The molecule has 3 heterocycles. The normalized spacial score (nSPS) is 15.4. The molecule has 6 rings (SSSR count). The van der Waals surface area contributed by atoms with Crippen molar-refractivity contribution in [1.82, 2.24) is 20.2 Å². The minimum atomic E-state index is -0.326. The SMILES string of the molecule is c1ccc(-c2n[nH]c([C@@H]3COc4ccccc4O3)c2-c2nc3ccccc3[nH]2)cc1. The van der Waals surface area contributed by atoms with E-state index in [4.69, 9.17) is 14.5 Å². The van der Waals surface area contributed by atoms with Crippen LogP contribution in [0.2, 0.25) is 0 Å². The van der Waals surface area contributed by atoms with Crippen LogP contribution in [0.3, 0.4) is 0 Å². The van der Waals surface area contributed by atoms with E-state index in [1.165, 1.54) is 0 Å². The second kappa shape index (κ2) is 6.77. The number of ether oxygens (including phenoxy) is 2. The largest absolute Gasteiger partial charge is 0.485 e. The summed E-state index contributed by atoms with van der Waals surface area (Å²) >= 11 is 0. The molecule has 0 saturated carbocycles. The number of rotatable bonds is 3. The number of nitrogens with zero attached hydrogens (tertiary/aromatic N) is 2. The summed E-state index contributed by atoms with van der Waals surface area (Å²) in [6.45, 7) is 0.390. The van der Waals surface area contributed by atoms with Gasteiger partial charge in [0.2, 0.25) is 0 Å². The maximum absolute atomic E-state index is 6.27. The molecule has 5 aromatic rings. The predicted molar refractivity (Wildman–Crippen MR) is 114 cm³/mol. The van der Waals surface area contributed by atoms with E-state index in [1.807, 2.05) is 78.9 Å². The second-order valence-electron chi connectivity index (χ2n) is 7.19. The first-order valence-corrected chi connectivity index (χ1v) is 9.84. The standard InChI is InChI=1S/C24H18N4O2/c1-2-8-15(9-3-1)22-21(24-25-16-10-4-5-11-17(16)26-24)23(28-27-22)20-14-29-18-12-6-7-13-19(18)30-20/h1-13,20H,14H2,(H,25,26)(H,27,28)/t20-/m0/s1. The summed E-state index contributed by atoms with van der Waals surface area (Å²) in [6.07, 6.45) is -0.326. The molecule has 0 unspecified atom stereocenters. The van der Waals surface area contributed by atoms with Crippen molar-refractivity contribution in [3.05, 3.63) is 84.6 Å². The first-order chi connectivity index (χ1) is 14.9. The Morgan fingerprint density at radius 1 is 0.833 bits per heavy atom. The molecule has 0 bridgehead atoms. The van der Waals surface area contributed by atoms with Gasteiger partial charge in [-0.15, -0.1) is 0 Å². The van der Waals surface area contributed by atoms with Crippen molar-refractivity contribution in [3.63, 3.8) is 0 Å². The summed E-state index contributed by atoms with van der Waals surface area (Å²) in [7, 11) is 0. The smallest absolute Gasteiger partial charge is 0.175 e. The van der Waals surface area contributed by atoms with Gasteiger partial charge in [-0.2, -0.15) is 5.10 Å². The Bertz CT molecular complexity index is 1310. The van der Waals surface area contributed by atoms with E-state index >= 15 is 0 Å². The fraction of sp³-hybridized carbons (Fsp3) is 0.0833. The molecule has 0 spiro atoms. The lowest BCUT2D eigenvalue weighted by Crippen LogP contribution is -2.22. The summed E-state index contributed by atoms with van der Waals surface area (Å²) < 4.78 is 12.2. The number of H-pyrrole nitrogens is 2. The van der Waals surface area contributed by atoms with Crippen LogP contribution in [0.4, 0.5) is 0 Å². The number of hydrogen-bond donors (Lipinski definition) is 2. The molecular formula is C24H18N4O2. The lowest BCUT2D eigenvalue weighted by molar-refractivity contribution is 0.0886. The third-order valence-electron chi connectivity index (χ3n) is 5.30. The van der Waals surface area contributed by atoms with E-state index in [0.717, 1.165) is 50.9 Å². The Morgan fingerprint density at radius 3 is 2.47 bits per heavy atom. The van der Waals surface area contributed by atoms with Crippen LogP contribution >= 0.6 is 0 Å². The van der Waals surface area contributed by atoms with Gasteiger partial charge in [0.05, 0.1) is 22.3 Å². The summed E-state index contributed by atoms with van der Waals surface area (Å²) in [5.74, 6) is 2.23. The molecule has 2 aromatic heterocycles. The van der Waals surface area contributed by atoms with Crippen LogP contribution in [0, 0.1) is 0 Å². The maximum atomic E-state index is 6.27. The fourth-order valence-corrected chi connectivity index (χ4v) is 3.87. The number of aromatic nitrogens is 4. The van der Waals surface area contributed by atoms with Gasteiger partial charge in [-0.3, -0.25) is 5.10 Å². The molecule has 0 saturated heterocycles. The van der Waals surface area contributed by atoms with Crippen molar-refractivity contribution < 1.29 is 9.47 Å². The van der Waals surface area contributed by atoms with Crippen molar-refractivity contribution in [2.75, 3.05) is 6.61 Å². The first kappa shape index (κ1) is 16.9. The molecule has 0 radical (unpaired) electrons. The number of benzene rings is 3. The highest BCUT2D eigenvalue weighted by Crippen LogP contribution is 2.40. The average Bonchev–Trinajstić information content (AvgIpc) is 3.43. The summed E-state index contributed by atoms with van der Waals surface area (Å²) in [5, 5.41) is 7.84. The zero-order chi connectivity index (χ0) is 19.9. The topological polar surface area (TPSA) is 75.8 Å². The highest BCUT2D eigenvalue weighted by molar-refractivity contribution is 5.85. The number of para-hydroxylation sites is 4. The number of imidazole rings is 1. The van der Waals surface area contributed by atoms with Gasteiger partial charge in [-0.1, -0.05) is 54.6 Å². The Kier molecular flexibility index (Phi) is 3.81. The third-order valence-corrected chi connectivity index (χ3v) is 5.30. The monoisotopic (exact) mass is 394 g/mol. The molecule has 30 heavy (non-hydrogen) atoms. The van der Waals surface area contributed by atoms with Gasteiger partial charge in [0.15, 0.2) is 17.6 Å². The van der Waals surface area contributed by atoms with E-state index in [1.54, 1.807) is 0 Å². The molecule has 6 nitrogen and oxygen atoms in total. The third kappa shape index (κ3) is 2.73. The predicted octanol–water partition coefficient (Wildman–Crippen LogP) is 5.13. The fourth-order valence-electron chi connectivity index (χ4n) is 3.87. The molecule has 2 N–H and O–H groups in total. The molecule has 146 valence electrons. The molecule has 0 fully saturated rings. The Hall–Kier alpha value is -4.06. The van der Waals surface area contributed by atoms with E-state index in [2.05, 4.69) is 15.2 Å². The highest BCUT2D eigenvalue weighted by atomic mass is 16.6. The van der Waals surface area contributed by atoms with Gasteiger partial charge >= 0.3 is 0 Å². The minimum Gasteiger partial charge on any atom is -0.485 e. The maximum Gasteiger partial charge on any atom is 0.175 e. The zero-order valence-electron chi connectivity index (χ0n) is 16.0. The average molecular weight is 394 g/mol. The molecule has 6 heteroatoms. The zero-order valence-corrected chi connectivity index (χ0v) is 16.0. The van der Waals surface area contributed by atoms with Crippen LogP contribution in [0.5, 0.6) is 11.5 Å². The van der Waals surface area contributed by atoms with Crippen molar-refractivity contribution in [1.29, 1.82) is 0 Å². The Balaban J connectivity index is 1.51. The summed E-state index contributed by atoms with van der Waals surface area (Å²) in [5.41, 5.74) is 5.45. The van der Waals surface area contributed by atoms with Gasteiger partial charge in [-0.05, 0) is 24.3 Å². The quantitative estimate of drug-likeness (QED) is 0.445. The number of fused-ring (bicyclic) bond motifs is 2. The first-order valence-electron chi connectivity index (χ1n) is 9.84. The molecule has 3 aromatic carbocycles. The van der Waals surface area contributed by atoms with E-state index in [0.29, 0.717) is 6.61 Å². The van der Waals surface area contributed by atoms with Gasteiger partial charge in [-0.25, -0.2) is 4.98 Å². The van der Waals surface area contributed by atoms with Crippen molar-refractivity contribution in [2.24, 2.45) is 0 Å². The second-order valence-corrected chi connectivity index (χ2v) is 7.19. The van der Waals surface area contributed by atoms with Gasteiger partial charge in [0.1, 0.15) is 18.1 Å². The number of aromatic amines is 2. The molecular weight excluding hydrogens is 376 g/mol. The highest BCUT2D eigenvalue weighted by Gasteiger charge is 2.30. The Labute approximate surface area is 172 Å².